The molecule has 3 rings (SSSR count). The Morgan fingerprint density at radius 3 is 2.74 bits per heavy atom. The third-order valence-corrected chi connectivity index (χ3v) is 4.78. The third-order valence-electron chi connectivity index (χ3n) is 4.78. The summed E-state index contributed by atoms with van der Waals surface area (Å²) in [6, 6.07) is 10.9. The van der Waals surface area contributed by atoms with Crippen molar-refractivity contribution in [1.82, 2.24) is 9.88 Å². The van der Waals surface area contributed by atoms with Crippen LogP contribution in [-0.2, 0) is 16.8 Å². The summed E-state index contributed by atoms with van der Waals surface area (Å²) in [5, 5.41) is 2.85. The zero-order chi connectivity index (χ0) is 19.6. The van der Waals surface area contributed by atoms with Gasteiger partial charge in [0.05, 0.1) is 12.0 Å². The smallest absolute Gasteiger partial charge is 0.274 e. The molecule has 1 aliphatic heterocycles. The number of aliphatic imine (C=N–C) groups is 1. The number of pyridine rings is 1. The summed E-state index contributed by atoms with van der Waals surface area (Å²) in [6.45, 7) is 3.89. The molecule has 0 aliphatic carbocycles. The van der Waals surface area contributed by atoms with E-state index in [0.29, 0.717) is 11.4 Å². The zero-order valence-corrected chi connectivity index (χ0v) is 15.7. The lowest BCUT2D eigenvalue weighted by Crippen LogP contribution is -2.47. The maximum atomic E-state index is 12.4. The van der Waals surface area contributed by atoms with Crippen molar-refractivity contribution in [1.29, 1.82) is 0 Å². The lowest BCUT2D eigenvalue weighted by atomic mass is 9.87. The Balaban J connectivity index is 1.83. The van der Waals surface area contributed by atoms with Crippen LogP contribution in [-0.4, -0.2) is 34.7 Å². The fraction of sp³-hybridized carbons (Fsp3) is 0.300. The number of hydrogen-bond acceptors (Lipinski definition) is 5. The summed E-state index contributed by atoms with van der Waals surface area (Å²) in [4.78, 5) is 34.7. The Bertz CT molecular complexity index is 907. The van der Waals surface area contributed by atoms with E-state index in [1.807, 2.05) is 38.1 Å². The van der Waals surface area contributed by atoms with Gasteiger partial charge in [-0.25, -0.2) is 4.99 Å². The number of hydrogen-bond donors (Lipinski definition) is 2. The molecule has 0 fully saturated rings. The highest BCUT2D eigenvalue weighted by Gasteiger charge is 2.36. The van der Waals surface area contributed by atoms with Crippen LogP contribution in [0.25, 0.3) is 0 Å². The van der Waals surface area contributed by atoms with Crippen molar-refractivity contribution in [2.45, 2.75) is 32.2 Å². The summed E-state index contributed by atoms with van der Waals surface area (Å²) in [6.07, 6.45) is 2.78. The number of aryl methyl sites for hydroxylation is 1. The Morgan fingerprint density at radius 1 is 1.33 bits per heavy atom. The minimum absolute atomic E-state index is 0.0975. The van der Waals surface area contributed by atoms with E-state index in [1.165, 1.54) is 4.90 Å². The number of guanidine groups is 1. The summed E-state index contributed by atoms with van der Waals surface area (Å²) in [5.41, 5.74) is 7.95. The first-order chi connectivity index (χ1) is 12.8. The van der Waals surface area contributed by atoms with Crippen molar-refractivity contribution in [3.8, 4) is 0 Å². The first-order valence-electron chi connectivity index (χ1n) is 8.81. The number of aromatic nitrogens is 1. The Morgan fingerprint density at radius 2 is 2.11 bits per heavy atom. The zero-order valence-electron chi connectivity index (χ0n) is 15.7. The fourth-order valence-corrected chi connectivity index (χ4v) is 2.97. The predicted octanol–water partition coefficient (Wildman–Crippen LogP) is 2.29. The number of nitrogens with two attached hydrogens (primary N) is 1. The molecule has 3 N–H and O–H groups in total. The largest absolute Gasteiger partial charge is 0.369 e. The van der Waals surface area contributed by atoms with E-state index in [2.05, 4.69) is 15.3 Å². The number of carbonyl (C=O) groups is 2. The van der Waals surface area contributed by atoms with Crippen LogP contribution in [0.4, 0.5) is 5.69 Å². The van der Waals surface area contributed by atoms with Gasteiger partial charge in [0.1, 0.15) is 5.69 Å². The number of amides is 2. The first-order valence-corrected chi connectivity index (χ1v) is 8.81. The molecule has 1 atom stereocenters. The van der Waals surface area contributed by atoms with Gasteiger partial charge in [0.25, 0.3) is 5.91 Å². The number of nitrogens with one attached hydrogen (secondary N) is 1. The van der Waals surface area contributed by atoms with E-state index in [4.69, 9.17) is 5.73 Å². The molecule has 0 bridgehead atoms. The normalized spacial score (nSPS) is 19.6. The second-order valence-electron chi connectivity index (χ2n) is 6.81. The van der Waals surface area contributed by atoms with Crippen molar-refractivity contribution >= 4 is 23.5 Å². The van der Waals surface area contributed by atoms with Crippen LogP contribution in [0.15, 0.2) is 47.6 Å². The second kappa shape index (κ2) is 7.19. The van der Waals surface area contributed by atoms with E-state index >= 15 is 0 Å². The van der Waals surface area contributed by atoms with E-state index in [-0.39, 0.29) is 24.2 Å². The summed E-state index contributed by atoms with van der Waals surface area (Å²) < 4.78 is 0. The monoisotopic (exact) mass is 365 g/mol. The molecule has 0 unspecified atom stereocenters. The van der Waals surface area contributed by atoms with Crippen molar-refractivity contribution < 1.29 is 9.59 Å². The molecule has 1 aromatic carbocycles. The molecule has 0 saturated carbocycles. The van der Waals surface area contributed by atoms with E-state index in [9.17, 15) is 9.59 Å². The number of rotatable bonds is 4. The van der Waals surface area contributed by atoms with Gasteiger partial charge in [0, 0.05) is 18.9 Å². The van der Waals surface area contributed by atoms with Crippen LogP contribution in [0.1, 0.15) is 41.9 Å². The van der Waals surface area contributed by atoms with Crippen molar-refractivity contribution in [3.05, 3.63) is 59.4 Å². The molecule has 7 heteroatoms. The molecule has 2 aromatic rings. The van der Waals surface area contributed by atoms with Crippen molar-refractivity contribution in [2.24, 2.45) is 10.7 Å². The Kier molecular flexibility index (Phi) is 4.94. The summed E-state index contributed by atoms with van der Waals surface area (Å²) in [5.74, 6) is -0.203. The molecular weight excluding hydrogens is 342 g/mol. The number of nitrogens with zero attached hydrogens (tertiary/aromatic N) is 3. The average Bonchev–Trinajstić information content (AvgIpc) is 2.66. The van der Waals surface area contributed by atoms with Crippen LogP contribution >= 0.6 is 0 Å². The minimum Gasteiger partial charge on any atom is -0.369 e. The molecule has 2 heterocycles. The second-order valence-corrected chi connectivity index (χ2v) is 6.81. The number of carbonyl (C=O) groups excluding carboxylic acids is 2. The molecule has 1 aliphatic rings. The minimum atomic E-state index is -0.768. The maximum absolute atomic E-state index is 12.4. The number of anilines is 1. The predicted molar refractivity (Wildman–Crippen MR) is 104 cm³/mol. The molecule has 0 radical (unpaired) electrons. The average molecular weight is 365 g/mol. The maximum Gasteiger partial charge on any atom is 0.274 e. The first kappa shape index (κ1) is 18.6. The highest BCUT2D eigenvalue weighted by atomic mass is 16.2. The summed E-state index contributed by atoms with van der Waals surface area (Å²) in [7, 11) is 1.61. The van der Waals surface area contributed by atoms with Crippen LogP contribution in [0.5, 0.6) is 0 Å². The standard InChI is InChI=1S/C20H23N5O2/c1-4-13-8-9-16(22-12-13)18(27)23-15-7-5-6-14(10-15)20(2)11-17(26)25(3)19(21)24-20/h5-10,12H,4,11H2,1-3H3,(H2,21,24)(H,23,27)/t20-/m0/s1. The molecule has 27 heavy (non-hydrogen) atoms. The van der Waals surface area contributed by atoms with Gasteiger partial charge in [0.2, 0.25) is 5.91 Å². The van der Waals surface area contributed by atoms with Gasteiger partial charge >= 0.3 is 0 Å². The Labute approximate surface area is 158 Å². The third kappa shape index (κ3) is 3.81. The van der Waals surface area contributed by atoms with E-state index in [1.54, 1.807) is 25.4 Å². The molecule has 1 aromatic heterocycles. The van der Waals surface area contributed by atoms with Crippen LogP contribution in [0.3, 0.4) is 0 Å². The van der Waals surface area contributed by atoms with Crippen LogP contribution in [0, 0.1) is 0 Å². The molecule has 0 saturated heterocycles. The van der Waals surface area contributed by atoms with Gasteiger partial charge in [-0.3, -0.25) is 19.5 Å². The van der Waals surface area contributed by atoms with Gasteiger partial charge in [-0.05, 0) is 42.7 Å². The molecule has 0 spiro atoms. The molecule has 7 nitrogen and oxygen atoms in total. The number of benzene rings is 1. The lowest BCUT2D eigenvalue weighted by Gasteiger charge is -2.33. The van der Waals surface area contributed by atoms with E-state index in [0.717, 1.165) is 17.5 Å². The van der Waals surface area contributed by atoms with Gasteiger partial charge in [-0.15, -0.1) is 0 Å². The fourth-order valence-electron chi connectivity index (χ4n) is 2.97. The molecule has 2 amide bonds. The molecule has 140 valence electrons. The SMILES string of the molecule is CCc1ccc(C(=O)Nc2cccc([C@]3(C)CC(=O)N(C)C(N)=N3)c2)nc1. The van der Waals surface area contributed by atoms with Crippen molar-refractivity contribution in [3.63, 3.8) is 0 Å². The van der Waals surface area contributed by atoms with Gasteiger partial charge < -0.3 is 11.1 Å². The van der Waals surface area contributed by atoms with Crippen LogP contribution < -0.4 is 11.1 Å². The van der Waals surface area contributed by atoms with Gasteiger partial charge in [-0.2, -0.15) is 0 Å². The van der Waals surface area contributed by atoms with Gasteiger partial charge in [-0.1, -0.05) is 25.1 Å². The van der Waals surface area contributed by atoms with Gasteiger partial charge in [0.15, 0.2) is 5.96 Å². The highest BCUT2D eigenvalue weighted by molar-refractivity contribution is 6.03. The quantitative estimate of drug-likeness (QED) is 0.868. The summed E-state index contributed by atoms with van der Waals surface area (Å²) >= 11 is 0. The Hall–Kier alpha value is -3.22. The van der Waals surface area contributed by atoms with Crippen LogP contribution in [0.2, 0.25) is 0 Å². The lowest BCUT2D eigenvalue weighted by molar-refractivity contribution is -0.128. The van der Waals surface area contributed by atoms with E-state index < -0.39 is 5.54 Å². The topological polar surface area (TPSA) is 101 Å². The molecular formula is C20H23N5O2. The van der Waals surface area contributed by atoms with Crippen molar-refractivity contribution in [2.75, 3.05) is 12.4 Å². The highest BCUT2D eigenvalue weighted by Crippen LogP contribution is 2.34.